The lowest BCUT2D eigenvalue weighted by Crippen LogP contribution is -1.99. The molecule has 0 saturated heterocycles. The molecule has 2 rings (SSSR count). The normalized spacial score (nSPS) is 10.9. The van der Waals surface area contributed by atoms with Crippen LogP contribution in [0.25, 0.3) is 11.3 Å². The first kappa shape index (κ1) is 10.7. The van der Waals surface area contributed by atoms with Gasteiger partial charge in [0.1, 0.15) is 11.5 Å². The highest BCUT2D eigenvalue weighted by Gasteiger charge is 2.15. The first-order chi connectivity index (χ1) is 7.67. The molecule has 0 radical (unpaired) electrons. The lowest BCUT2D eigenvalue weighted by atomic mass is 10.1. The van der Waals surface area contributed by atoms with E-state index < -0.39 is 0 Å². The first-order valence-corrected chi connectivity index (χ1v) is 5.50. The number of nitrogens with two attached hydrogens (primary N) is 1. The smallest absolute Gasteiger partial charge is 0.131 e. The first-order valence-electron chi connectivity index (χ1n) is 5.50. The second-order valence-corrected chi connectivity index (χ2v) is 3.78. The predicted octanol–water partition coefficient (Wildman–Crippen LogP) is 1.45. The molecule has 0 atom stereocenters. The van der Waals surface area contributed by atoms with E-state index in [9.17, 15) is 0 Å². The number of hydrogen-bond donors (Lipinski definition) is 1. The number of imidazole rings is 1. The van der Waals surface area contributed by atoms with Gasteiger partial charge in [-0.25, -0.2) is 4.98 Å². The summed E-state index contributed by atoms with van der Waals surface area (Å²) in [5, 5.41) is 4.39. The van der Waals surface area contributed by atoms with E-state index in [-0.39, 0.29) is 0 Å². The fraction of sp³-hybridized carbons (Fsp3) is 0.455. The molecular weight excluding hydrogens is 202 g/mol. The zero-order valence-corrected chi connectivity index (χ0v) is 9.94. The third-order valence-electron chi connectivity index (χ3n) is 2.71. The van der Waals surface area contributed by atoms with Crippen LogP contribution in [0.3, 0.4) is 0 Å². The highest BCUT2D eigenvalue weighted by atomic mass is 15.3. The summed E-state index contributed by atoms with van der Waals surface area (Å²) < 4.78 is 3.74. The molecular formula is C11H17N5. The van der Waals surface area contributed by atoms with E-state index in [1.54, 1.807) is 11.0 Å². The van der Waals surface area contributed by atoms with Crippen molar-refractivity contribution in [3.8, 4) is 11.3 Å². The van der Waals surface area contributed by atoms with E-state index in [1.807, 2.05) is 24.7 Å². The maximum atomic E-state index is 6.04. The van der Waals surface area contributed by atoms with Crippen molar-refractivity contribution in [3.05, 3.63) is 18.2 Å². The molecule has 2 aromatic heterocycles. The van der Waals surface area contributed by atoms with Crippen LogP contribution in [0.1, 0.15) is 19.5 Å². The highest BCUT2D eigenvalue weighted by molar-refractivity contribution is 5.71. The monoisotopic (exact) mass is 219 g/mol. The summed E-state index contributed by atoms with van der Waals surface area (Å²) in [4.78, 5) is 4.36. The van der Waals surface area contributed by atoms with Gasteiger partial charge in [-0.15, -0.1) is 0 Å². The fourth-order valence-corrected chi connectivity index (χ4v) is 1.84. The molecule has 5 heteroatoms. The molecule has 0 aliphatic heterocycles. The van der Waals surface area contributed by atoms with Gasteiger partial charge < -0.3 is 10.3 Å². The number of aryl methyl sites for hydroxylation is 3. The summed E-state index contributed by atoms with van der Waals surface area (Å²) in [7, 11) is 1.91. The molecule has 86 valence electrons. The SMILES string of the molecule is CCc1nn(C)cc1-c1ncn(CC)c1N. The third-order valence-corrected chi connectivity index (χ3v) is 2.71. The number of hydrogen-bond acceptors (Lipinski definition) is 3. The number of nitrogen functional groups attached to an aromatic ring is 1. The average molecular weight is 219 g/mol. The van der Waals surface area contributed by atoms with E-state index in [0.717, 1.165) is 29.9 Å². The van der Waals surface area contributed by atoms with Gasteiger partial charge in [-0.3, -0.25) is 4.68 Å². The largest absolute Gasteiger partial charge is 0.383 e. The van der Waals surface area contributed by atoms with Crippen LogP contribution in [0.15, 0.2) is 12.5 Å². The van der Waals surface area contributed by atoms with Crippen LogP contribution in [-0.4, -0.2) is 19.3 Å². The Bertz CT molecular complexity index is 494. The third kappa shape index (κ3) is 1.58. The Kier molecular flexibility index (Phi) is 2.68. The summed E-state index contributed by atoms with van der Waals surface area (Å²) in [6, 6.07) is 0. The molecule has 0 spiro atoms. The van der Waals surface area contributed by atoms with Gasteiger partial charge >= 0.3 is 0 Å². The molecule has 2 N–H and O–H groups in total. The molecule has 0 unspecified atom stereocenters. The minimum atomic E-state index is 0.713. The molecule has 0 amide bonds. The second-order valence-electron chi connectivity index (χ2n) is 3.78. The maximum absolute atomic E-state index is 6.04. The summed E-state index contributed by atoms with van der Waals surface area (Å²) in [6.07, 6.45) is 4.63. The van der Waals surface area contributed by atoms with Crippen LogP contribution in [0, 0.1) is 0 Å². The molecule has 0 aromatic carbocycles. The average Bonchev–Trinajstić information content (AvgIpc) is 2.81. The van der Waals surface area contributed by atoms with Crippen LogP contribution >= 0.6 is 0 Å². The van der Waals surface area contributed by atoms with Crippen LogP contribution in [0.5, 0.6) is 0 Å². The number of nitrogens with zero attached hydrogens (tertiary/aromatic N) is 4. The van der Waals surface area contributed by atoms with Crippen LogP contribution in [-0.2, 0) is 20.0 Å². The summed E-state index contributed by atoms with van der Waals surface area (Å²) in [5.41, 5.74) is 8.96. The minimum absolute atomic E-state index is 0.713. The Morgan fingerprint density at radius 1 is 1.38 bits per heavy atom. The maximum Gasteiger partial charge on any atom is 0.131 e. The van der Waals surface area contributed by atoms with Crippen LogP contribution in [0.2, 0.25) is 0 Å². The Labute approximate surface area is 94.9 Å². The van der Waals surface area contributed by atoms with Crippen molar-refractivity contribution in [2.75, 3.05) is 5.73 Å². The van der Waals surface area contributed by atoms with Gasteiger partial charge in [-0.1, -0.05) is 6.92 Å². The molecule has 2 aromatic rings. The van der Waals surface area contributed by atoms with Gasteiger partial charge in [0.25, 0.3) is 0 Å². The Balaban J connectivity index is 2.53. The Morgan fingerprint density at radius 2 is 2.12 bits per heavy atom. The van der Waals surface area contributed by atoms with Crippen molar-refractivity contribution in [3.63, 3.8) is 0 Å². The Hall–Kier alpha value is -1.78. The van der Waals surface area contributed by atoms with E-state index in [1.165, 1.54) is 0 Å². The quantitative estimate of drug-likeness (QED) is 0.849. The number of aromatic nitrogens is 4. The second kappa shape index (κ2) is 4.00. The van der Waals surface area contributed by atoms with Gasteiger partial charge in [0.2, 0.25) is 0 Å². The lowest BCUT2D eigenvalue weighted by molar-refractivity contribution is 0.746. The van der Waals surface area contributed by atoms with E-state index in [4.69, 9.17) is 5.73 Å². The summed E-state index contributed by atoms with van der Waals surface area (Å²) in [5.74, 6) is 0.713. The van der Waals surface area contributed by atoms with Gasteiger partial charge in [-0.2, -0.15) is 5.10 Å². The number of rotatable bonds is 3. The highest BCUT2D eigenvalue weighted by Crippen LogP contribution is 2.27. The topological polar surface area (TPSA) is 61.7 Å². The van der Waals surface area contributed by atoms with Gasteiger partial charge in [0, 0.05) is 25.4 Å². The van der Waals surface area contributed by atoms with Crippen molar-refractivity contribution in [1.82, 2.24) is 19.3 Å². The van der Waals surface area contributed by atoms with E-state index in [2.05, 4.69) is 17.0 Å². The van der Waals surface area contributed by atoms with Gasteiger partial charge in [0.05, 0.1) is 12.0 Å². The van der Waals surface area contributed by atoms with E-state index >= 15 is 0 Å². The molecule has 16 heavy (non-hydrogen) atoms. The van der Waals surface area contributed by atoms with E-state index in [0.29, 0.717) is 5.82 Å². The lowest BCUT2D eigenvalue weighted by Gasteiger charge is -2.01. The van der Waals surface area contributed by atoms with Crippen molar-refractivity contribution in [2.24, 2.45) is 7.05 Å². The van der Waals surface area contributed by atoms with Gasteiger partial charge in [0.15, 0.2) is 0 Å². The zero-order valence-electron chi connectivity index (χ0n) is 9.94. The number of anilines is 1. The zero-order chi connectivity index (χ0) is 11.7. The summed E-state index contributed by atoms with van der Waals surface area (Å²) in [6.45, 7) is 4.96. The van der Waals surface area contributed by atoms with Crippen molar-refractivity contribution in [2.45, 2.75) is 26.8 Å². The molecule has 0 saturated carbocycles. The van der Waals surface area contributed by atoms with Crippen molar-refractivity contribution < 1.29 is 0 Å². The molecule has 0 aliphatic carbocycles. The molecule has 5 nitrogen and oxygen atoms in total. The molecule has 0 bridgehead atoms. The molecule has 0 fully saturated rings. The molecule has 2 heterocycles. The molecule has 0 aliphatic rings. The summed E-state index contributed by atoms with van der Waals surface area (Å²) >= 11 is 0. The standard InChI is InChI=1S/C11H17N5/c1-4-9-8(6-15(3)14-9)10-11(12)16(5-2)7-13-10/h6-7H,4-5,12H2,1-3H3. The Morgan fingerprint density at radius 3 is 2.69 bits per heavy atom. The van der Waals surface area contributed by atoms with Crippen LogP contribution < -0.4 is 5.73 Å². The van der Waals surface area contributed by atoms with Crippen molar-refractivity contribution >= 4 is 5.82 Å². The van der Waals surface area contributed by atoms with Crippen LogP contribution in [0.4, 0.5) is 5.82 Å². The van der Waals surface area contributed by atoms with Crippen molar-refractivity contribution in [1.29, 1.82) is 0 Å². The predicted molar refractivity (Wildman–Crippen MR) is 63.9 cm³/mol. The fourth-order valence-electron chi connectivity index (χ4n) is 1.84. The van der Waals surface area contributed by atoms with Gasteiger partial charge in [-0.05, 0) is 13.3 Å². The minimum Gasteiger partial charge on any atom is -0.383 e.